The molecule has 2 heterocycles. The summed E-state index contributed by atoms with van der Waals surface area (Å²) in [4.78, 5) is 11.7. The van der Waals surface area contributed by atoms with Gasteiger partial charge in [0.15, 0.2) is 11.5 Å². The predicted octanol–water partition coefficient (Wildman–Crippen LogP) is 3.95. The van der Waals surface area contributed by atoms with Crippen LogP contribution in [0.15, 0.2) is 42.5 Å². The van der Waals surface area contributed by atoms with Gasteiger partial charge in [0.05, 0.1) is 12.6 Å². The predicted molar refractivity (Wildman–Crippen MR) is 108 cm³/mol. The molecule has 4 rings (SSSR count). The Balaban J connectivity index is 1.73. The van der Waals surface area contributed by atoms with E-state index in [9.17, 15) is 5.11 Å². The first-order valence-electron chi connectivity index (χ1n) is 9.36. The Hall–Kier alpha value is -3.02. The quantitative estimate of drug-likeness (QED) is 0.714. The highest BCUT2D eigenvalue weighted by Gasteiger charge is 2.19. The molecule has 3 aromatic rings. The molecule has 1 aromatic heterocycles. The summed E-state index contributed by atoms with van der Waals surface area (Å²) < 4.78 is 5.29. The van der Waals surface area contributed by atoms with Crippen molar-refractivity contribution in [2.75, 3.05) is 30.4 Å². The number of phenols is 1. The highest BCUT2D eigenvalue weighted by Crippen LogP contribution is 2.35. The Morgan fingerprint density at radius 3 is 2.59 bits per heavy atom. The van der Waals surface area contributed by atoms with Crippen LogP contribution in [0.1, 0.15) is 24.8 Å². The van der Waals surface area contributed by atoms with E-state index in [0.717, 1.165) is 37.1 Å². The monoisotopic (exact) mass is 364 g/mol. The molecule has 1 fully saturated rings. The molecule has 0 amide bonds. The van der Waals surface area contributed by atoms with E-state index >= 15 is 0 Å². The number of anilines is 2. The third-order valence-electron chi connectivity index (χ3n) is 4.93. The Labute approximate surface area is 158 Å². The van der Waals surface area contributed by atoms with Crippen molar-refractivity contribution in [1.29, 1.82) is 0 Å². The van der Waals surface area contributed by atoms with Crippen LogP contribution in [-0.2, 0) is 6.54 Å². The fourth-order valence-corrected chi connectivity index (χ4v) is 3.49. The minimum Gasteiger partial charge on any atom is -0.504 e. The molecule has 0 atom stereocenters. The maximum absolute atomic E-state index is 10.2. The minimum absolute atomic E-state index is 0.0855. The summed E-state index contributed by atoms with van der Waals surface area (Å²) in [5, 5.41) is 14.4. The lowest BCUT2D eigenvalue weighted by Gasteiger charge is -2.29. The zero-order chi connectivity index (χ0) is 18.6. The SMILES string of the molecule is COc1cc2c(N3CCCCC3)nc(NCc3ccccc3)nc2cc1O. The number of phenolic OH excluding ortho intramolecular Hbond substituents is 1. The van der Waals surface area contributed by atoms with Crippen molar-refractivity contribution in [1.82, 2.24) is 9.97 Å². The van der Waals surface area contributed by atoms with Gasteiger partial charge < -0.3 is 20.1 Å². The van der Waals surface area contributed by atoms with E-state index in [1.54, 1.807) is 13.2 Å². The molecule has 2 N–H and O–H groups in total. The van der Waals surface area contributed by atoms with Gasteiger partial charge >= 0.3 is 0 Å². The van der Waals surface area contributed by atoms with Gasteiger partial charge in [-0.25, -0.2) is 4.98 Å². The van der Waals surface area contributed by atoms with E-state index in [1.807, 2.05) is 24.3 Å². The van der Waals surface area contributed by atoms with Crippen LogP contribution in [0.5, 0.6) is 11.5 Å². The van der Waals surface area contributed by atoms with Gasteiger partial charge in [-0.1, -0.05) is 30.3 Å². The van der Waals surface area contributed by atoms with E-state index < -0.39 is 0 Å². The van der Waals surface area contributed by atoms with E-state index in [4.69, 9.17) is 9.72 Å². The van der Waals surface area contributed by atoms with Crippen molar-refractivity contribution in [2.24, 2.45) is 0 Å². The number of nitrogens with zero attached hydrogens (tertiary/aromatic N) is 3. The highest BCUT2D eigenvalue weighted by atomic mass is 16.5. The maximum Gasteiger partial charge on any atom is 0.225 e. The number of aromatic hydroxyl groups is 1. The van der Waals surface area contributed by atoms with Crippen molar-refractivity contribution in [3.05, 3.63) is 48.0 Å². The first-order valence-corrected chi connectivity index (χ1v) is 9.36. The third kappa shape index (κ3) is 3.74. The van der Waals surface area contributed by atoms with E-state index in [2.05, 4.69) is 27.3 Å². The molecule has 140 valence electrons. The normalized spacial score (nSPS) is 14.3. The molecule has 1 aliphatic heterocycles. The topological polar surface area (TPSA) is 70.5 Å². The molecule has 0 spiro atoms. The van der Waals surface area contributed by atoms with Gasteiger partial charge in [-0.05, 0) is 30.9 Å². The highest BCUT2D eigenvalue weighted by molar-refractivity contribution is 5.93. The van der Waals surface area contributed by atoms with Crippen LogP contribution in [0.3, 0.4) is 0 Å². The molecule has 27 heavy (non-hydrogen) atoms. The Morgan fingerprint density at radius 2 is 1.85 bits per heavy atom. The number of methoxy groups -OCH3 is 1. The lowest BCUT2D eigenvalue weighted by Crippen LogP contribution is -2.30. The molecular weight excluding hydrogens is 340 g/mol. The summed E-state index contributed by atoms with van der Waals surface area (Å²) in [5.74, 6) is 1.99. The number of hydrogen-bond acceptors (Lipinski definition) is 6. The fraction of sp³-hybridized carbons (Fsp3) is 0.333. The van der Waals surface area contributed by atoms with Crippen molar-refractivity contribution in [3.63, 3.8) is 0 Å². The molecule has 0 aliphatic carbocycles. The van der Waals surface area contributed by atoms with Crippen LogP contribution >= 0.6 is 0 Å². The number of piperidine rings is 1. The summed E-state index contributed by atoms with van der Waals surface area (Å²) in [6.45, 7) is 2.61. The van der Waals surface area contributed by atoms with Crippen LogP contribution in [0.2, 0.25) is 0 Å². The molecule has 0 unspecified atom stereocenters. The molecule has 0 saturated carbocycles. The van der Waals surface area contributed by atoms with Gasteiger partial charge in [0, 0.05) is 31.1 Å². The smallest absolute Gasteiger partial charge is 0.225 e. The number of aromatic nitrogens is 2. The number of nitrogens with one attached hydrogen (secondary N) is 1. The molecule has 6 heteroatoms. The lowest BCUT2D eigenvalue weighted by atomic mass is 10.1. The van der Waals surface area contributed by atoms with Crippen molar-refractivity contribution >= 4 is 22.7 Å². The van der Waals surface area contributed by atoms with Crippen LogP contribution in [0.4, 0.5) is 11.8 Å². The summed E-state index contributed by atoms with van der Waals surface area (Å²) in [6, 6.07) is 13.6. The number of hydrogen-bond donors (Lipinski definition) is 2. The van der Waals surface area contributed by atoms with Gasteiger partial charge in [-0.15, -0.1) is 0 Å². The van der Waals surface area contributed by atoms with Crippen LogP contribution in [0.25, 0.3) is 10.9 Å². The minimum atomic E-state index is 0.0855. The maximum atomic E-state index is 10.2. The average molecular weight is 364 g/mol. The first-order chi connectivity index (χ1) is 13.2. The zero-order valence-corrected chi connectivity index (χ0v) is 15.5. The Morgan fingerprint density at radius 1 is 1.07 bits per heavy atom. The summed E-state index contributed by atoms with van der Waals surface area (Å²) in [7, 11) is 1.55. The number of fused-ring (bicyclic) bond motifs is 1. The Kier molecular flexibility index (Phi) is 4.96. The van der Waals surface area contributed by atoms with Gasteiger partial charge in [-0.3, -0.25) is 0 Å². The first kappa shape index (κ1) is 17.4. The number of rotatable bonds is 5. The molecular formula is C21H24N4O2. The summed E-state index contributed by atoms with van der Waals surface area (Å²) >= 11 is 0. The van der Waals surface area contributed by atoms with Crippen LogP contribution < -0.4 is 15.0 Å². The zero-order valence-electron chi connectivity index (χ0n) is 15.5. The third-order valence-corrected chi connectivity index (χ3v) is 4.93. The molecule has 0 bridgehead atoms. The van der Waals surface area contributed by atoms with Crippen LogP contribution in [-0.4, -0.2) is 35.3 Å². The lowest BCUT2D eigenvalue weighted by molar-refractivity contribution is 0.374. The standard InChI is InChI=1S/C21H24N4O2/c1-27-19-12-16-17(13-18(19)26)23-21(22-14-15-8-4-2-5-9-15)24-20(16)25-10-6-3-7-11-25/h2,4-5,8-9,12-13,26H,3,6-7,10-11,14H2,1H3,(H,22,23,24). The van der Waals surface area contributed by atoms with Gasteiger partial charge in [-0.2, -0.15) is 4.98 Å². The van der Waals surface area contributed by atoms with Crippen molar-refractivity contribution in [2.45, 2.75) is 25.8 Å². The van der Waals surface area contributed by atoms with Crippen molar-refractivity contribution < 1.29 is 9.84 Å². The molecule has 1 saturated heterocycles. The van der Waals surface area contributed by atoms with Gasteiger partial charge in [0.2, 0.25) is 5.95 Å². The summed E-state index contributed by atoms with van der Waals surface area (Å²) in [5.41, 5.74) is 1.87. The second-order valence-electron chi connectivity index (χ2n) is 6.80. The molecule has 1 aliphatic rings. The number of benzene rings is 2. The van der Waals surface area contributed by atoms with Gasteiger partial charge in [0.25, 0.3) is 0 Å². The Bertz CT molecular complexity index is 924. The van der Waals surface area contributed by atoms with Gasteiger partial charge in [0.1, 0.15) is 5.82 Å². The fourth-order valence-electron chi connectivity index (χ4n) is 3.49. The number of ether oxygens (including phenoxy) is 1. The van der Waals surface area contributed by atoms with E-state index in [1.165, 1.54) is 12.0 Å². The van der Waals surface area contributed by atoms with Crippen LogP contribution in [0, 0.1) is 0 Å². The molecule has 0 radical (unpaired) electrons. The molecule has 2 aromatic carbocycles. The van der Waals surface area contributed by atoms with E-state index in [-0.39, 0.29) is 5.75 Å². The average Bonchev–Trinajstić information content (AvgIpc) is 2.72. The second-order valence-corrected chi connectivity index (χ2v) is 6.80. The molecule has 6 nitrogen and oxygen atoms in total. The largest absolute Gasteiger partial charge is 0.504 e. The van der Waals surface area contributed by atoms with Crippen molar-refractivity contribution in [3.8, 4) is 11.5 Å². The second kappa shape index (κ2) is 7.70. The summed E-state index contributed by atoms with van der Waals surface area (Å²) in [6.07, 6.45) is 3.57. The van der Waals surface area contributed by atoms with E-state index in [0.29, 0.717) is 23.8 Å².